The number of halogens is 1. The summed E-state index contributed by atoms with van der Waals surface area (Å²) in [5.74, 6) is -0.948. The topological polar surface area (TPSA) is 59.1 Å². The van der Waals surface area contributed by atoms with E-state index in [1.807, 2.05) is 12.1 Å². The first-order valence-electron chi connectivity index (χ1n) is 9.32. The van der Waals surface area contributed by atoms with Crippen LogP contribution >= 0.6 is 11.6 Å². The molecule has 2 aliphatic rings. The predicted octanol–water partition coefficient (Wildman–Crippen LogP) is 4.04. The molecular formula is C21H23ClN2O4. The Kier molecular flexibility index (Phi) is 4.61. The molecule has 2 amide bonds. The summed E-state index contributed by atoms with van der Waals surface area (Å²) in [7, 11) is 1.70. The number of carbonyl (C=O) groups is 2. The van der Waals surface area contributed by atoms with Gasteiger partial charge in [0, 0.05) is 31.0 Å². The van der Waals surface area contributed by atoms with Crippen molar-refractivity contribution in [2.75, 3.05) is 25.1 Å². The lowest BCUT2D eigenvalue weighted by molar-refractivity contribution is -0.168. The summed E-state index contributed by atoms with van der Waals surface area (Å²) in [4.78, 5) is 33.9. The minimum Gasteiger partial charge on any atom is -0.380 e. The fraction of sp³-hybridized carbons (Fsp3) is 0.429. The number of carbonyl (C=O) groups excluding carboxylic acids is 2. The van der Waals surface area contributed by atoms with E-state index in [9.17, 15) is 9.59 Å². The van der Waals surface area contributed by atoms with E-state index in [-0.39, 0.29) is 6.10 Å². The molecule has 4 rings (SSSR count). The highest BCUT2D eigenvalue weighted by Gasteiger charge is 2.38. The average molecular weight is 403 g/mol. The minimum absolute atomic E-state index is 0.140. The van der Waals surface area contributed by atoms with E-state index in [1.54, 1.807) is 40.0 Å². The van der Waals surface area contributed by atoms with Crippen LogP contribution in [0.4, 0.5) is 5.69 Å². The molecule has 0 N–H and O–H groups in total. The van der Waals surface area contributed by atoms with Gasteiger partial charge < -0.3 is 9.64 Å². The number of hydrogen-bond acceptors (Lipinski definition) is 5. The minimum atomic E-state index is -0.689. The molecule has 1 unspecified atom stereocenters. The van der Waals surface area contributed by atoms with Crippen molar-refractivity contribution in [3.8, 4) is 0 Å². The molecule has 2 aromatic carbocycles. The Labute approximate surface area is 168 Å². The first kappa shape index (κ1) is 19.2. The fourth-order valence-electron chi connectivity index (χ4n) is 3.90. The molecule has 1 fully saturated rings. The number of rotatable bonds is 3. The molecule has 0 spiro atoms. The quantitative estimate of drug-likeness (QED) is 0.725. The van der Waals surface area contributed by atoms with Crippen LogP contribution in [0.2, 0.25) is 5.02 Å². The number of ether oxygens (including phenoxy) is 1. The largest absolute Gasteiger partial charge is 0.380 e. The summed E-state index contributed by atoms with van der Waals surface area (Å²) in [6.45, 7) is 6.89. The van der Waals surface area contributed by atoms with Gasteiger partial charge in [-0.1, -0.05) is 23.7 Å². The Morgan fingerprint density at radius 1 is 1.14 bits per heavy atom. The van der Waals surface area contributed by atoms with Crippen LogP contribution in [0.5, 0.6) is 0 Å². The van der Waals surface area contributed by atoms with Crippen molar-refractivity contribution >= 4 is 39.9 Å². The summed E-state index contributed by atoms with van der Waals surface area (Å²) in [5, 5.41) is 2.76. The lowest BCUT2D eigenvalue weighted by Gasteiger charge is -2.32. The van der Waals surface area contributed by atoms with Gasteiger partial charge in [0.1, 0.15) is 0 Å². The maximum atomic E-state index is 13.1. The normalized spacial score (nSPS) is 19.8. The predicted molar refractivity (Wildman–Crippen MR) is 108 cm³/mol. The Morgan fingerprint density at radius 2 is 1.86 bits per heavy atom. The summed E-state index contributed by atoms with van der Waals surface area (Å²) in [6.07, 6.45) is 1.04. The van der Waals surface area contributed by atoms with Crippen LogP contribution in [-0.4, -0.2) is 48.8 Å². The van der Waals surface area contributed by atoms with Gasteiger partial charge in [-0.15, -0.1) is 5.06 Å². The van der Waals surface area contributed by atoms with Crippen LogP contribution in [0.3, 0.4) is 0 Å². The molecule has 0 bridgehead atoms. The fourth-order valence-corrected chi connectivity index (χ4v) is 4.23. The van der Waals surface area contributed by atoms with Crippen molar-refractivity contribution in [1.82, 2.24) is 5.06 Å². The maximum Gasteiger partial charge on any atom is 0.285 e. The van der Waals surface area contributed by atoms with E-state index in [0.29, 0.717) is 21.5 Å². The molecule has 6 nitrogen and oxygen atoms in total. The third-order valence-electron chi connectivity index (χ3n) is 5.08. The average Bonchev–Trinajstić information content (AvgIpc) is 3.10. The molecule has 148 valence electrons. The van der Waals surface area contributed by atoms with Crippen molar-refractivity contribution in [3.63, 3.8) is 0 Å². The lowest BCUT2D eigenvalue weighted by Crippen LogP contribution is -2.44. The number of imide groups is 1. The van der Waals surface area contributed by atoms with Gasteiger partial charge in [-0.3, -0.25) is 14.4 Å². The van der Waals surface area contributed by atoms with Crippen LogP contribution in [0.1, 0.15) is 47.9 Å². The first-order valence-corrected chi connectivity index (χ1v) is 9.70. The standard InChI is InChI=1S/C21H23ClN2O4/c1-21(2,3)28-24-19(25)14-7-5-6-13-17(14)15(20(24)26)10-16(22)18(13)23-9-8-12(11-23)27-4/h5-7,10,12H,8-9,11H2,1-4H3. The van der Waals surface area contributed by atoms with Crippen LogP contribution < -0.4 is 4.90 Å². The Balaban J connectivity index is 1.88. The Hall–Kier alpha value is -2.15. The Morgan fingerprint density at radius 3 is 2.50 bits per heavy atom. The number of hydroxylamine groups is 2. The highest BCUT2D eigenvalue weighted by atomic mass is 35.5. The third-order valence-corrected chi connectivity index (χ3v) is 5.36. The van der Waals surface area contributed by atoms with Gasteiger partial charge >= 0.3 is 0 Å². The van der Waals surface area contributed by atoms with E-state index in [4.69, 9.17) is 21.2 Å². The zero-order valence-corrected chi connectivity index (χ0v) is 17.2. The van der Waals surface area contributed by atoms with Crippen molar-refractivity contribution in [3.05, 3.63) is 40.4 Å². The summed E-state index contributed by atoms with van der Waals surface area (Å²) < 4.78 is 5.47. The number of amides is 2. The zero-order chi connectivity index (χ0) is 20.2. The van der Waals surface area contributed by atoms with Crippen LogP contribution in [0.15, 0.2) is 24.3 Å². The molecule has 28 heavy (non-hydrogen) atoms. The smallest absolute Gasteiger partial charge is 0.285 e. The number of anilines is 1. The highest BCUT2D eigenvalue weighted by molar-refractivity contribution is 6.37. The zero-order valence-electron chi connectivity index (χ0n) is 16.4. The van der Waals surface area contributed by atoms with Crippen LogP contribution in [0.25, 0.3) is 10.8 Å². The van der Waals surface area contributed by atoms with E-state index in [0.717, 1.165) is 35.6 Å². The molecule has 2 heterocycles. The second kappa shape index (κ2) is 6.72. The maximum absolute atomic E-state index is 13.1. The number of hydrogen-bond donors (Lipinski definition) is 0. The lowest BCUT2D eigenvalue weighted by atomic mass is 9.93. The van der Waals surface area contributed by atoms with Crippen molar-refractivity contribution in [2.45, 2.75) is 38.9 Å². The highest BCUT2D eigenvalue weighted by Crippen LogP contribution is 2.42. The van der Waals surface area contributed by atoms with Gasteiger partial charge in [0.05, 0.1) is 33.5 Å². The van der Waals surface area contributed by atoms with Gasteiger partial charge in [-0.05, 0) is 39.3 Å². The van der Waals surface area contributed by atoms with Gasteiger partial charge in [-0.25, -0.2) is 0 Å². The third kappa shape index (κ3) is 3.05. The molecule has 0 saturated carbocycles. The molecule has 2 aliphatic heterocycles. The van der Waals surface area contributed by atoms with Gasteiger partial charge in [-0.2, -0.15) is 0 Å². The van der Waals surface area contributed by atoms with Gasteiger partial charge in [0.2, 0.25) is 0 Å². The second-order valence-corrected chi connectivity index (χ2v) is 8.59. The summed E-state index contributed by atoms with van der Waals surface area (Å²) in [5.41, 5.74) is 0.973. The SMILES string of the molecule is COC1CCN(c2c(Cl)cc3c4c(cccc24)C(=O)N(OC(C)(C)C)C3=O)C1. The molecule has 7 heteroatoms. The van der Waals surface area contributed by atoms with Crippen molar-refractivity contribution < 1.29 is 19.2 Å². The molecular weight excluding hydrogens is 380 g/mol. The molecule has 0 aliphatic carbocycles. The van der Waals surface area contributed by atoms with Gasteiger partial charge in [0.25, 0.3) is 11.8 Å². The van der Waals surface area contributed by atoms with Crippen LogP contribution in [-0.2, 0) is 9.57 Å². The van der Waals surface area contributed by atoms with Crippen molar-refractivity contribution in [2.24, 2.45) is 0 Å². The number of benzene rings is 2. The molecule has 0 aromatic heterocycles. The van der Waals surface area contributed by atoms with E-state index < -0.39 is 17.4 Å². The Bertz CT molecular complexity index is 983. The molecule has 1 saturated heterocycles. The number of nitrogens with zero attached hydrogens (tertiary/aromatic N) is 2. The van der Waals surface area contributed by atoms with Crippen LogP contribution in [0, 0.1) is 0 Å². The molecule has 0 radical (unpaired) electrons. The van der Waals surface area contributed by atoms with Crippen molar-refractivity contribution in [1.29, 1.82) is 0 Å². The monoisotopic (exact) mass is 402 g/mol. The first-order chi connectivity index (χ1) is 13.2. The molecule has 1 atom stereocenters. The summed E-state index contributed by atoms with van der Waals surface area (Å²) >= 11 is 6.64. The molecule has 2 aromatic rings. The number of methoxy groups -OCH3 is 1. The van der Waals surface area contributed by atoms with E-state index in [2.05, 4.69) is 4.90 Å². The van der Waals surface area contributed by atoms with E-state index >= 15 is 0 Å². The summed E-state index contributed by atoms with van der Waals surface area (Å²) in [6, 6.07) is 7.09. The van der Waals surface area contributed by atoms with E-state index in [1.165, 1.54) is 0 Å². The van der Waals surface area contributed by atoms with Gasteiger partial charge in [0.15, 0.2) is 0 Å². The second-order valence-electron chi connectivity index (χ2n) is 8.18.